The molecular weight excluding hydrogens is 521 g/mol. The number of ether oxygens (including phenoxy) is 2. The number of benzene rings is 1. The first-order chi connectivity index (χ1) is 17.1. The Labute approximate surface area is 228 Å². The van der Waals surface area contributed by atoms with E-state index in [1.165, 1.54) is 18.5 Å². The summed E-state index contributed by atoms with van der Waals surface area (Å²) in [6.07, 6.45) is 2.44. The van der Waals surface area contributed by atoms with Gasteiger partial charge < -0.3 is 25.3 Å². The molecule has 2 N–H and O–H groups in total. The second-order valence-electron chi connectivity index (χ2n) is 8.96. The zero-order chi connectivity index (χ0) is 24.2. The van der Waals surface area contributed by atoms with Crippen LogP contribution in [-0.4, -0.2) is 100 Å². The zero-order valence-corrected chi connectivity index (χ0v) is 22.2. The maximum atomic E-state index is 13.5. The average Bonchev–Trinajstić information content (AvgIpc) is 2.89. The van der Waals surface area contributed by atoms with Crippen LogP contribution in [0.25, 0.3) is 0 Å². The molecule has 0 atom stereocenters. The van der Waals surface area contributed by atoms with Crippen molar-refractivity contribution in [3.63, 3.8) is 0 Å². The number of pyridine rings is 1. The molecule has 5 rings (SSSR count). The molecule has 2 aliphatic heterocycles. The van der Waals surface area contributed by atoms with Crippen molar-refractivity contribution in [2.24, 2.45) is 0 Å². The Morgan fingerprint density at radius 1 is 0.757 bits per heavy atom. The summed E-state index contributed by atoms with van der Waals surface area (Å²) >= 11 is 0. The van der Waals surface area contributed by atoms with Gasteiger partial charge in [0.1, 0.15) is 0 Å². The topological polar surface area (TPSA) is 110 Å². The Bertz CT molecular complexity index is 1110. The summed E-state index contributed by atoms with van der Waals surface area (Å²) in [7, 11) is 0. The lowest BCUT2D eigenvalue weighted by Gasteiger charge is -2.28. The third-order valence-electron chi connectivity index (χ3n) is 6.78. The maximum absolute atomic E-state index is 13.5. The first kappa shape index (κ1) is 29.1. The van der Waals surface area contributed by atoms with E-state index in [9.17, 15) is 14.8 Å². The standard InChI is InChI=1S/C25H31N5O5.2ClH/c31-24-18-3-6-30(33)17-19(18)25(32)23-21(27-5-8-29-11-15-35-16-12-29)2-1-20(22(23)24)26-4-7-28-9-13-34-14-10-28;;/h1-3,6,17,26-27H,4-5,7-16H2;2*1H. The zero-order valence-electron chi connectivity index (χ0n) is 20.6. The van der Waals surface area contributed by atoms with E-state index in [2.05, 4.69) is 20.4 Å². The van der Waals surface area contributed by atoms with E-state index in [1.54, 1.807) is 0 Å². The molecule has 0 bridgehead atoms. The lowest BCUT2D eigenvalue weighted by atomic mass is 9.83. The van der Waals surface area contributed by atoms with E-state index in [-0.39, 0.29) is 47.5 Å². The van der Waals surface area contributed by atoms with Crippen LogP contribution in [-0.2, 0) is 9.47 Å². The third kappa shape index (κ3) is 6.51. The molecule has 0 spiro atoms. The van der Waals surface area contributed by atoms with Gasteiger partial charge in [0.25, 0.3) is 0 Å². The van der Waals surface area contributed by atoms with Crippen LogP contribution in [0.3, 0.4) is 0 Å². The van der Waals surface area contributed by atoms with E-state index in [4.69, 9.17) is 9.47 Å². The monoisotopic (exact) mass is 553 g/mol. The van der Waals surface area contributed by atoms with E-state index >= 15 is 0 Å². The van der Waals surface area contributed by atoms with Crippen LogP contribution >= 0.6 is 24.8 Å². The first-order valence-corrected chi connectivity index (χ1v) is 12.2. The number of carbonyl (C=O) groups excluding carboxylic acids is 2. The van der Waals surface area contributed by atoms with Gasteiger partial charge >= 0.3 is 0 Å². The second-order valence-corrected chi connectivity index (χ2v) is 8.96. The number of hydrogen-bond acceptors (Lipinski definition) is 9. The third-order valence-corrected chi connectivity index (χ3v) is 6.78. The van der Waals surface area contributed by atoms with Crippen LogP contribution in [0.1, 0.15) is 31.8 Å². The Morgan fingerprint density at radius 2 is 1.22 bits per heavy atom. The summed E-state index contributed by atoms with van der Waals surface area (Å²) in [4.78, 5) is 31.7. The highest BCUT2D eigenvalue weighted by molar-refractivity contribution is 6.31. The molecule has 1 aromatic carbocycles. The quantitative estimate of drug-likeness (QED) is 0.316. The SMILES string of the molecule is Cl.Cl.O=C1c2cc[n+]([O-])cc2C(=O)c2c(NCCN3CCOCC3)ccc(NCCN3CCOCC3)c21. The lowest BCUT2D eigenvalue weighted by Crippen LogP contribution is -2.39. The molecule has 0 radical (unpaired) electrons. The van der Waals surface area contributed by atoms with Crippen molar-refractivity contribution in [1.29, 1.82) is 0 Å². The van der Waals surface area contributed by atoms with E-state index < -0.39 is 0 Å². The van der Waals surface area contributed by atoms with Crippen molar-refractivity contribution in [3.05, 3.63) is 58.1 Å². The van der Waals surface area contributed by atoms with Gasteiger partial charge in [0, 0.05) is 75.4 Å². The predicted molar refractivity (Wildman–Crippen MR) is 145 cm³/mol. The van der Waals surface area contributed by atoms with Crippen molar-refractivity contribution >= 4 is 47.8 Å². The van der Waals surface area contributed by atoms with Crippen LogP contribution in [0, 0.1) is 5.21 Å². The number of anilines is 2. The van der Waals surface area contributed by atoms with Gasteiger partial charge in [-0.1, -0.05) is 0 Å². The fourth-order valence-corrected chi connectivity index (χ4v) is 4.84. The van der Waals surface area contributed by atoms with Gasteiger partial charge in [-0.15, -0.1) is 24.8 Å². The molecule has 3 aliphatic rings. The van der Waals surface area contributed by atoms with Gasteiger partial charge in [0.05, 0.1) is 43.1 Å². The Morgan fingerprint density at radius 3 is 1.70 bits per heavy atom. The van der Waals surface area contributed by atoms with Gasteiger partial charge in [0.15, 0.2) is 18.2 Å². The summed E-state index contributed by atoms with van der Waals surface area (Å²) < 4.78 is 11.4. The molecular formula is C25H33Cl2N5O5. The largest absolute Gasteiger partial charge is 0.619 e. The van der Waals surface area contributed by atoms with Crippen molar-refractivity contribution in [3.8, 4) is 0 Å². The number of nitrogens with zero attached hydrogens (tertiary/aromatic N) is 3. The summed E-state index contributed by atoms with van der Waals surface area (Å²) in [5, 5.41) is 18.6. The molecule has 2 fully saturated rings. The highest BCUT2D eigenvalue weighted by Crippen LogP contribution is 2.36. The van der Waals surface area contributed by atoms with Gasteiger partial charge in [-0.05, 0) is 12.1 Å². The first-order valence-electron chi connectivity index (χ1n) is 12.2. The van der Waals surface area contributed by atoms with Crippen LogP contribution in [0.5, 0.6) is 0 Å². The fourth-order valence-electron chi connectivity index (χ4n) is 4.84. The number of morpholine rings is 2. The van der Waals surface area contributed by atoms with Gasteiger partial charge in [-0.2, -0.15) is 4.73 Å². The molecule has 0 unspecified atom stereocenters. The Balaban J connectivity index is 0.00000190. The Kier molecular flexibility index (Phi) is 10.5. The highest BCUT2D eigenvalue weighted by atomic mass is 35.5. The minimum absolute atomic E-state index is 0. The van der Waals surface area contributed by atoms with Crippen molar-refractivity contribution in [2.45, 2.75) is 0 Å². The van der Waals surface area contributed by atoms with Crippen molar-refractivity contribution in [1.82, 2.24) is 9.80 Å². The van der Waals surface area contributed by atoms with Crippen LogP contribution in [0.2, 0.25) is 0 Å². The van der Waals surface area contributed by atoms with Crippen LogP contribution in [0.4, 0.5) is 11.4 Å². The van der Waals surface area contributed by atoms with Gasteiger partial charge in [-0.3, -0.25) is 19.4 Å². The number of halogens is 2. The minimum atomic E-state index is -0.314. The summed E-state index contributed by atoms with van der Waals surface area (Å²) in [5.74, 6) is -0.564. The smallest absolute Gasteiger partial charge is 0.202 e. The number of aromatic nitrogens is 1. The second kappa shape index (κ2) is 13.4. The number of rotatable bonds is 8. The lowest BCUT2D eigenvalue weighted by molar-refractivity contribution is -0.605. The molecule has 12 heteroatoms. The predicted octanol–water partition coefficient (Wildman–Crippen LogP) is 1.43. The van der Waals surface area contributed by atoms with E-state index in [0.717, 1.165) is 65.7 Å². The Hall–Kier alpha value is -2.47. The minimum Gasteiger partial charge on any atom is -0.619 e. The van der Waals surface area contributed by atoms with Crippen LogP contribution < -0.4 is 15.4 Å². The summed E-state index contributed by atoms with van der Waals surface area (Å²) in [6, 6.07) is 5.14. The molecule has 37 heavy (non-hydrogen) atoms. The molecule has 0 amide bonds. The fraction of sp³-hybridized carbons (Fsp3) is 0.480. The number of ketones is 2. The normalized spacial score (nSPS) is 17.7. The summed E-state index contributed by atoms with van der Waals surface area (Å²) in [5.41, 5.74) is 2.33. The van der Waals surface area contributed by atoms with Crippen LogP contribution in [0.15, 0.2) is 30.6 Å². The number of hydrogen-bond donors (Lipinski definition) is 2. The van der Waals surface area contributed by atoms with Gasteiger partial charge in [-0.25, -0.2) is 0 Å². The molecule has 202 valence electrons. The molecule has 2 saturated heterocycles. The average molecular weight is 554 g/mol. The van der Waals surface area contributed by atoms with Gasteiger partial charge in [0.2, 0.25) is 5.78 Å². The molecule has 2 aromatic rings. The van der Waals surface area contributed by atoms with E-state index in [1.807, 2.05) is 12.1 Å². The van der Waals surface area contributed by atoms with Crippen molar-refractivity contribution in [2.75, 3.05) is 89.4 Å². The molecule has 3 heterocycles. The van der Waals surface area contributed by atoms with Crippen molar-refractivity contribution < 1.29 is 23.8 Å². The molecule has 1 aromatic heterocycles. The number of fused-ring (bicyclic) bond motifs is 2. The molecule has 10 nitrogen and oxygen atoms in total. The molecule has 1 aliphatic carbocycles. The number of carbonyl (C=O) groups is 2. The maximum Gasteiger partial charge on any atom is 0.202 e. The summed E-state index contributed by atoms with van der Waals surface area (Å²) in [6.45, 7) is 9.29. The highest BCUT2D eigenvalue weighted by Gasteiger charge is 2.35. The molecule has 0 saturated carbocycles. The number of nitrogens with one attached hydrogen (secondary N) is 2. The van der Waals surface area contributed by atoms with E-state index in [0.29, 0.717) is 40.3 Å².